The molecular formula is C13H20BrN3O. The maximum absolute atomic E-state index is 11.9. The monoisotopic (exact) mass is 313 g/mol. The van der Waals surface area contributed by atoms with Gasteiger partial charge >= 0.3 is 0 Å². The summed E-state index contributed by atoms with van der Waals surface area (Å²) in [6, 6.07) is 0. The predicted molar refractivity (Wildman–Crippen MR) is 74.7 cm³/mol. The van der Waals surface area contributed by atoms with Crippen molar-refractivity contribution in [1.29, 1.82) is 0 Å². The molecule has 1 aromatic heterocycles. The Hall–Kier alpha value is -0.840. The highest BCUT2D eigenvalue weighted by Gasteiger charge is 2.29. The van der Waals surface area contributed by atoms with E-state index in [2.05, 4.69) is 34.9 Å². The molecule has 0 N–H and O–H groups in total. The Kier molecular flexibility index (Phi) is 4.10. The second kappa shape index (κ2) is 5.43. The third-order valence-corrected chi connectivity index (χ3v) is 4.61. The van der Waals surface area contributed by atoms with Gasteiger partial charge in [-0.05, 0) is 26.7 Å². The number of aryl methyl sites for hydroxylation is 2. The lowest BCUT2D eigenvalue weighted by Crippen LogP contribution is -2.25. The van der Waals surface area contributed by atoms with Gasteiger partial charge in [0, 0.05) is 42.6 Å². The molecule has 0 radical (unpaired) electrons. The quantitative estimate of drug-likeness (QED) is 0.800. The van der Waals surface area contributed by atoms with E-state index in [1.54, 1.807) is 0 Å². The molecule has 1 aliphatic heterocycles. The highest BCUT2D eigenvalue weighted by atomic mass is 79.9. The van der Waals surface area contributed by atoms with Crippen LogP contribution in [0.15, 0.2) is 0 Å². The summed E-state index contributed by atoms with van der Waals surface area (Å²) in [5, 5.41) is 5.41. The van der Waals surface area contributed by atoms with Crippen LogP contribution in [-0.2, 0) is 17.9 Å². The predicted octanol–water partition coefficient (Wildman–Crippen LogP) is 2.26. The van der Waals surface area contributed by atoms with Crippen molar-refractivity contribution in [2.75, 3.05) is 11.9 Å². The van der Waals surface area contributed by atoms with Crippen LogP contribution < -0.4 is 0 Å². The van der Waals surface area contributed by atoms with Crippen LogP contribution in [0.5, 0.6) is 0 Å². The molecule has 1 aromatic rings. The van der Waals surface area contributed by atoms with Gasteiger partial charge in [-0.15, -0.1) is 0 Å². The summed E-state index contributed by atoms with van der Waals surface area (Å²) in [5.41, 5.74) is 3.44. The van der Waals surface area contributed by atoms with Crippen LogP contribution in [-0.4, -0.2) is 32.5 Å². The molecule has 1 aliphatic rings. The van der Waals surface area contributed by atoms with Crippen LogP contribution >= 0.6 is 15.9 Å². The number of likely N-dealkylation sites (tertiary alicyclic amines) is 1. The number of nitrogens with zero attached hydrogens (tertiary/aromatic N) is 3. The highest BCUT2D eigenvalue weighted by Crippen LogP contribution is 2.23. The molecule has 1 unspecified atom stereocenters. The molecule has 1 saturated heterocycles. The summed E-state index contributed by atoms with van der Waals surface area (Å²) in [6.07, 6.45) is 0.672. The zero-order valence-electron chi connectivity index (χ0n) is 11.2. The number of halogens is 1. The summed E-state index contributed by atoms with van der Waals surface area (Å²) < 4.78 is 2.01. The number of aromatic nitrogens is 2. The van der Waals surface area contributed by atoms with E-state index in [0.29, 0.717) is 18.9 Å². The number of alkyl halides is 1. The van der Waals surface area contributed by atoms with E-state index in [9.17, 15) is 4.79 Å². The summed E-state index contributed by atoms with van der Waals surface area (Å²) in [6.45, 7) is 8.65. The van der Waals surface area contributed by atoms with E-state index in [1.807, 2.05) is 16.5 Å². The molecule has 0 aliphatic carbocycles. The number of hydrogen-bond donors (Lipinski definition) is 0. The average molecular weight is 314 g/mol. The molecule has 0 bridgehead atoms. The number of rotatable bonds is 4. The number of amides is 1. The smallest absolute Gasteiger partial charge is 0.223 e. The second-order valence-electron chi connectivity index (χ2n) is 4.96. The first-order valence-electron chi connectivity index (χ1n) is 6.43. The molecule has 1 amide bonds. The first-order valence-corrected chi connectivity index (χ1v) is 7.55. The Labute approximate surface area is 116 Å². The molecule has 18 heavy (non-hydrogen) atoms. The van der Waals surface area contributed by atoms with Crippen LogP contribution in [0.1, 0.15) is 30.3 Å². The Morgan fingerprint density at radius 1 is 1.44 bits per heavy atom. The normalized spacial score (nSPS) is 19.9. The van der Waals surface area contributed by atoms with Gasteiger partial charge in [-0.25, -0.2) is 0 Å². The van der Waals surface area contributed by atoms with E-state index in [0.717, 1.165) is 24.1 Å². The van der Waals surface area contributed by atoms with Gasteiger partial charge in [-0.2, -0.15) is 5.10 Å². The fourth-order valence-corrected chi connectivity index (χ4v) is 3.01. The molecule has 0 spiro atoms. The zero-order valence-corrected chi connectivity index (χ0v) is 12.8. The first kappa shape index (κ1) is 13.6. The molecular weight excluding hydrogens is 294 g/mol. The van der Waals surface area contributed by atoms with E-state index in [-0.39, 0.29) is 5.91 Å². The minimum atomic E-state index is 0.266. The van der Waals surface area contributed by atoms with Gasteiger partial charge in [-0.1, -0.05) is 15.9 Å². The lowest BCUT2D eigenvalue weighted by molar-refractivity contribution is -0.128. The summed E-state index contributed by atoms with van der Waals surface area (Å²) in [7, 11) is 0. The zero-order chi connectivity index (χ0) is 13.3. The van der Waals surface area contributed by atoms with Crippen molar-refractivity contribution in [1.82, 2.24) is 14.7 Å². The molecule has 5 heteroatoms. The number of hydrogen-bond acceptors (Lipinski definition) is 2. The van der Waals surface area contributed by atoms with Crippen molar-refractivity contribution in [3.63, 3.8) is 0 Å². The third-order valence-electron chi connectivity index (χ3n) is 3.69. The summed E-state index contributed by atoms with van der Waals surface area (Å²) in [5.74, 6) is 0.724. The van der Waals surface area contributed by atoms with Gasteiger partial charge < -0.3 is 4.90 Å². The minimum Gasteiger partial charge on any atom is -0.338 e. The van der Waals surface area contributed by atoms with Crippen LogP contribution in [0.2, 0.25) is 0 Å². The Morgan fingerprint density at radius 3 is 2.67 bits per heavy atom. The number of carbonyl (C=O) groups is 1. The van der Waals surface area contributed by atoms with Gasteiger partial charge in [0.1, 0.15) is 0 Å². The summed E-state index contributed by atoms with van der Waals surface area (Å²) in [4.78, 5) is 13.9. The summed E-state index contributed by atoms with van der Waals surface area (Å²) >= 11 is 3.47. The molecule has 2 heterocycles. The van der Waals surface area contributed by atoms with Gasteiger partial charge in [0.15, 0.2) is 0 Å². The standard InChI is InChI=1S/C13H20BrN3O/c1-4-17-10(3)12(9(2)15-17)8-16-7-11(6-14)5-13(16)18/h11H,4-8H2,1-3H3. The molecule has 2 rings (SSSR count). The van der Waals surface area contributed by atoms with E-state index in [1.165, 1.54) is 11.3 Å². The molecule has 1 fully saturated rings. The largest absolute Gasteiger partial charge is 0.338 e. The van der Waals surface area contributed by atoms with Crippen molar-refractivity contribution < 1.29 is 4.79 Å². The van der Waals surface area contributed by atoms with Crippen LogP contribution in [0.4, 0.5) is 0 Å². The van der Waals surface area contributed by atoms with Gasteiger partial charge in [-0.3, -0.25) is 9.48 Å². The van der Waals surface area contributed by atoms with Crippen molar-refractivity contribution in [3.05, 3.63) is 17.0 Å². The Balaban J connectivity index is 2.15. The second-order valence-corrected chi connectivity index (χ2v) is 5.61. The fourth-order valence-electron chi connectivity index (χ4n) is 2.57. The maximum atomic E-state index is 11.9. The average Bonchev–Trinajstić information content (AvgIpc) is 2.84. The fraction of sp³-hybridized carbons (Fsp3) is 0.692. The minimum absolute atomic E-state index is 0.266. The van der Waals surface area contributed by atoms with Gasteiger partial charge in [0.25, 0.3) is 0 Å². The van der Waals surface area contributed by atoms with E-state index >= 15 is 0 Å². The Bertz CT molecular complexity index is 455. The van der Waals surface area contributed by atoms with Crippen molar-refractivity contribution in [2.24, 2.45) is 5.92 Å². The Morgan fingerprint density at radius 2 is 2.17 bits per heavy atom. The molecule has 0 aromatic carbocycles. The maximum Gasteiger partial charge on any atom is 0.223 e. The lowest BCUT2D eigenvalue weighted by atomic mass is 10.1. The van der Waals surface area contributed by atoms with Gasteiger partial charge in [0.2, 0.25) is 5.91 Å². The van der Waals surface area contributed by atoms with E-state index in [4.69, 9.17) is 0 Å². The van der Waals surface area contributed by atoms with Crippen LogP contribution in [0.3, 0.4) is 0 Å². The van der Waals surface area contributed by atoms with Crippen molar-refractivity contribution in [3.8, 4) is 0 Å². The van der Waals surface area contributed by atoms with Crippen LogP contribution in [0, 0.1) is 19.8 Å². The number of carbonyl (C=O) groups excluding carboxylic acids is 1. The highest BCUT2D eigenvalue weighted by molar-refractivity contribution is 9.09. The SMILES string of the molecule is CCn1nc(C)c(CN2CC(CBr)CC2=O)c1C. The van der Waals surface area contributed by atoms with Crippen molar-refractivity contribution >= 4 is 21.8 Å². The molecule has 4 nitrogen and oxygen atoms in total. The van der Waals surface area contributed by atoms with E-state index < -0.39 is 0 Å². The molecule has 100 valence electrons. The third kappa shape index (κ3) is 2.46. The lowest BCUT2D eigenvalue weighted by Gasteiger charge is -2.16. The molecule has 1 atom stereocenters. The first-order chi connectivity index (χ1) is 8.56. The van der Waals surface area contributed by atoms with Gasteiger partial charge in [0.05, 0.1) is 5.69 Å². The van der Waals surface area contributed by atoms with Crippen LogP contribution in [0.25, 0.3) is 0 Å². The topological polar surface area (TPSA) is 38.1 Å². The van der Waals surface area contributed by atoms with Crippen molar-refractivity contribution in [2.45, 2.75) is 40.3 Å². The molecule has 0 saturated carbocycles.